The molecule has 0 saturated carbocycles. The predicted octanol–water partition coefficient (Wildman–Crippen LogP) is 1.44. The molecule has 0 bridgehead atoms. The SMILES string of the molecule is CCCCOc1ccc(CC(=O)NCC(=O)NCC(=O)OCN2C(=O)c3ccccc3C2=O)cc1. The summed E-state index contributed by atoms with van der Waals surface area (Å²) in [5.41, 5.74) is 1.25. The lowest BCUT2D eigenvalue weighted by Crippen LogP contribution is -2.41. The lowest BCUT2D eigenvalue weighted by atomic mass is 10.1. The number of amides is 4. The second-order valence-corrected chi connectivity index (χ2v) is 7.81. The first kappa shape index (κ1) is 25.4. The van der Waals surface area contributed by atoms with E-state index in [0.717, 1.165) is 29.1 Å². The molecular weight excluding hydrogens is 454 g/mol. The van der Waals surface area contributed by atoms with E-state index in [-0.39, 0.29) is 30.0 Å². The van der Waals surface area contributed by atoms with E-state index in [1.807, 2.05) is 0 Å². The van der Waals surface area contributed by atoms with E-state index in [1.54, 1.807) is 36.4 Å². The molecule has 184 valence electrons. The van der Waals surface area contributed by atoms with Crippen molar-refractivity contribution in [2.75, 3.05) is 26.4 Å². The van der Waals surface area contributed by atoms with Crippen molar-refractivity contribution in [1.29, 1.82) is 0 Å². The van der Waals surface area contributed by atoms with Gasteiger partial charge < -0.3 is 20.1 Å². The van der Waals surface area contributed by atoms with Crippen LogP contribution < -0.4 is 15.4 Å². The van der Waals surface area contributed by atoms with Crippen molar-refractivity contribution in [1.82, 2.24) is 15.5 Å². The van der Waals surface area contributed by atoms with E-state index in [0.29, 0.717) is 6.61 Å². The minimum absolute atomic E-state index is 0.0881. The number of benzene rings is 2. The van der Waals surface area contributed by atoms with Gasteiger partial charge in [-0.15, -0.1) is 0 Å². The highest BCUT2D eigenvalue weighted by Crippen LogP contribution is 2.22. The predicted molar refractivity (Wildman–Crippen MR) is 124 cm³/mol. The van der Waals surface area contributed by atoms with Gasteiger partial charge >= 0.3 is 5.97 Å². The van der Waals surface area contributed by atoms with Crippen molar-refractivity contribution < 1.29 is 33.4 Å². The highest BCUT2D eigenvalue weighted by atomic mass is 16.5. The molecule has 2 aromatic carbocycles. The molecule has 2 N–H and O–H groups in total. The van der Waals surface area contributed by atoms with Crippen LogP contribution in [0, 0.1) is 0 Å². The number of carbonyl (C=O) groups is 5. The van der Waals surface area contributed by atoms with Gasteiger partial charge in [0.2, 0.25) is 11.8 Å². The second kappa shape index (κ2) is 12.3. The summed E-state index contributed by atoms with van der Waals surface area (Å²) in [5, 5.41) is 4.79. The summed E-state index contributed by atoms with van der Waals surface area (Å²) in [7, 11) is 0. The Balaban J connectivity index is 1.32. The molecule has 0 spiro atoms. The third kappa shape index (κ3) is 7.13. The van der Waals surface area contributed by atoms with Crippen LogP contribution >= 0.6 is 0 Å². The number of carbonyl (C=O) groups excluding carboxylic acids is 5. The van der Waals surface area contributed by atoms with Gasteiger partial charge in [0.15, 0.2) is 6.73 Å². The molecule has 1 aliphatic rings. The van der Waals surface area contributed by atoms with Crippen LogP contribution in [0.2, 0.25) is 0 Å². The Morgan fingerprint density at radius 3 is 2.11 bits per heavy atom. The molecule has 0 fully saturated rings. The van der Waals surface area contributed by atoms with Crippen LogP contribution in [0.5, 0.6) is 5.75 Å². The standard InChI is InChI=1S/C25H27N3O7/c1-2-3-12-34-18-10-8-17(9-11-18)13-21(29)26-14-22(30)27-15-23(31)35-16-28-24(32)19-6-4-5-7-20(19)25(28)33/h4-11H,2-3,12-16H2,1H3,(H,26,29)(H,27,30). The van der Waals surface area contributed by atoms with Crippen molar-refractivity contribution in [2.45, 2.75) is 26.2 Å². The maximum absolute atomic E-state index is 12.2. The van der Waals surface area contributed by atoms with Crippen LogP contribution in [0.1, 0.15) is 46.0 Å². The molecule has 3 rings (SSSR count). The van der Waals surface area contributed by atoms with Crippen LogP contribution in [0.3, 0.4) is 0 Å². The van der Waals surface area contributed by atoms with Gasteiger partial charge in [-0.3, -0.25) is 24.0 Å². The smallest absolute Gasteiger partial charge is 0.327 e. The Bertz CT molecular complexity index is 1060. The molecule has 10 heteroatoms. The van der Waals surface area contributed by atoms with Crippen molar-refractivity contribution in [3.8, 4) is 5.75 Å². The molecular formula is C25H27N3O7. The zero-order chi connectivity index (χ0) is 25.2. The Hall–Kier alpha value is -4.21. The first-order valence-electron chi connectivity index (χ1n) is 11.2. The van der Waals surface area contributed by atoms with E-state index in [2.05, 4.69) is 17.6 Å². The molecule has 0 atom stereocenters. The number of hydrogen-bond donors (Lipinski definition) is 2. The molecule has 10 nitrogen and oxygen atoms in total. The molecule has 0 aromatic heterocycles. The molecule has 0 radical (unpaired) electrons. The van der Waals surface area contributed by atoms with E-state index < -0.39 is 37.0 Å². The summed E-state index contributed by atoms with van der Waals surface area (Å²) in [6, 6.07) is 13.4. The zero-order valence-corrected chi connectivity index (χ0v) is 19.4. The Morgan fingerprint density at radius 1 is 0.857 bits per heavy atom. The van der Waals surface area contributed by atoms with Gasteiger partial charge in [-0.05, 0) is 36.2 Å². The van der Waals surface area contributed by atoms with Crippen molar-refractivity contribution in [2.24, 2.45) is 0 Å². The van der Waals surface area contributed by atoms with Crippen LogP contribution in [-0.4, -0.2) is 60.9 Å². The third-order valence-electron chi connectivity index (χ3n) is 5.16. The fourth-order valence-electron chi connectivity index (χ4n) is 3.24. The van der Waals surface area contributed by atoms with Gasteiger partial charge in [-0.25, -0.2) is 4.90 Å². The first-order chi connectivity index (χ1) is 16.9. The quantitative estimate of drug-likeness (QED) is 0.266. The van der Waals surface area contributed by atoms with Crippen LogP contribution in [-0.2, 0) is 25.5 Å². The Morgan fingerprint density at radius 2 is 1.49 bits per heavy atom. The number of hydrogen-bond acceptors (Lipinski definition) is 7. The molecule has 0 aliphatic carbocycles. The summed E-state index contributed by atoms with van der Waals surface area (Å²) in [5.74, 6) is -2.14. The highest BCUT2D eigenvalue weighted by molar-refractivity contribution is 6.21. The molecule has 2 aromatic rings. The van der Waals surface area contributed by atoms with E-state index in [9.17, 15) is 24.0 Å². The number of fused-ring (bicyclic) bond motifs is 1. The molecule has 0 unspecified atom stereocenters. The largest absolute Gasteiger partial charge is 0.494 e. The summed E-state index contributed by atoms with van der Waals surface area (Å²) >= 11 is 0. The van der Waals surface area contributed by atoms with Crippen LogP contribution in [0.15, 0.2) is 48.5 Å². The van der Waals surface area contributed by atoms with Crippen molar-refractivity contribution in [3.05, 3.63) is 65.2 Å². The van der Waals surface area contributed by atoms with Crippen LogP contribution in [0.4, 0.5) is 0 Å². The maximum Gasteiger partial charge on any atom is 0.327 e. The van der Waals surface area contributed by atoms with Gasteiger partial charge in [0.05, 0.1) is 30.7 Å². The normalized spacial score (nSPS) is 12.2. The molecule has 4 amide bonds. The second-order valence-electron chi connectivity index (χ2n) is 7.81. The van der Waals surface area contributed by atoms with Gasteiger partial charge in [-0.2, -0.15) is 0 Å². The summed E-state index contributed by atoms with van der Waals surface area (Å²) in [6.45, 7) is 1.38. The zero-order valence-electron chi connectivity index (χ0n) is 19.4. The average molecular weight is 482 g/mol. The number of esters is 1. The summed E-state index contributed by atoms with van der Waals surface area (Å²) < 4.78 is 10.5. The highest BCUT2D eigenvalue weighted by Gasteiger charge is 2.35. The summed E-state index contributed by atoms with van der Waals surface area (Å²) in [4.78, 5) is 61.2. The van der Waals surface area contributed by atoms with E-state index >= 15 is 0 Å². The Labute approximate surface area is 202 Å². The minimum atomic E-state index is -0.831. The number of unbranched alkanes of at least 4 members (excludes halogenated alkanes) is 1. The van der Waals surface area contributed by atoms with Gasteiger partial charge in [-0.1, -0.05) is 37.6 Å². The minimum Gasteiger partial charge on any atom is -0.494 e. The first-order valence-corrected chi connectivity index (χ1v) is 11.2. The number of nitrogens with one attached hydrogen (secondary N) is 2. The Kier molecular flexibility index (Phi) is 8.94. The van der Waals surface area contributed by atoms with Crippen molar-refractivity contribution >= 4 is 29.6 Å². The number of rotatable bonds is 12. The van der Waals surface area contributed by atoms with E-state index in [4.69, 9.17) is 9.47 Å². The summed E-state index contributed by atoms with van der Waals surface area (Å²) in [6.07, 6.45) is 2.10. The fraction of sp³-hybridized carbons (Fsp3) is 0.320. The molecule has 0 saturated heterocycles. The van der Waals surface area contributed by atoms with E-state index in [1.165, 1.54) is 12.1 Å². The van der Waals surface area contributed by atoms with Crippen molar-refractivity contribution in [3.63, 3.8) is 0 Å². The fourth-order valence-corrected chi connectivity index (χ4v) is 3.24. The monoisotopic (exact) mass is 481 g/mol. The van der Waals surface area contributed by atoms with Gasteiger partial charge in [0.1, 0.15) is 12.3 Å². The topological polar surface area (TPSA) is 131 Å². The number of imide groups is 1. The average Bonchev–Trinajstić information content (AvgIpc) is 3.11. The molecule has 1 aliphatic heterocycles. The lowest BCUT2D eigenvalue weighted by molar-refractivity contribution is -0.146. The third-order valence-corrected chi connectivity index (χ3v) is 5.16. The number of ether oxygens (including phenoxy) is 2. The van der Waals surface area contributed by atoms with Gasteiger partial charge in [0.25, 0.3) is 11.8 Å². The number of nitrogens with zero attached hydrogens (tertiary/aromatic N) is 1. The lowest BCUT2D eigenvalue weighted by Gasteiger charge is -2.14. The van der Waals surface area contributed by atoms with Gasteiger partial charge in [0, 0.05) is 0 Å². The maximum atomic E-state index is 12.2. The molecule has 1 heterocycles. The molecule has 35 heavy (non-hydrogen) atoms. The van der Waals surface area contributed by atoms with Crippen LogP contribution in [0.25, 0.3) is 0 Å².